The Kier molecular flexibility index (Phi) is 10.7. The van der Waals surface area contributed by atoms with Gasteiger partial charge in [0.15, 0.2) is 5.60 Å². The zero-order valence-electron chi connectivity index (χ0n) is 37.5. The van der Waals surface area contributed by atoms with Crippen LogP contribution in [0.15, 0.2) is 170 Å². The minimum Gasteiger partial charge on any atom is -0.508 e. The highest BCUT2D eigenvalue weighted by molar-refractivity contribution is 7.90. The van der Waals surface area contributed by atoms with Crippen molar-refractivity contribution in [3.05, 3.63) is 214 Å². The first kappa shape index (κ1) is 43.1. The molecule has 1 atom stereocenters. The van der Waals surface area contributed by atoms with Crippen LogP contribution in [-0.4, -0.2) is 11.1 Å². The number of phenols is 1. The summed E-state index contributed by atoms with van der Waals surface area (Å²) in [7, 11) is 0. The summed E-state index contributed by atoms with van der Waals surface area (Å²) < 4.78 is 37.2. The van der Waals surface area contributed by atoms with Crippen molar-refractivity contribution in [2.45, 2.75) is 45.1 Å². The van der Waals surface area contributed by atoms with Gasteiger partial charge in [-0.1, -0.05) is 125 Å². The van der Waals surface area contributed by atoms with E-state index in [1.165, 1.54) is 34.7 Å². The van der Waals surface area contributed by atoms with E-state index < -0.39 is 17.0 Å². The van der Waals surface area contributed by atoms with Crippen LogP contribution in [0.25, 0.3) is 32.7 Å². The topological polar surface area (TPSA) is 92.7 Å². The Morgan fingerprint density at radius 1 is 0.529 bits per heavy atom. The Morgan fingerprint density at radius 2 is 1.01 bits per heavy atom. The second-order valence-corrected chi connectivity index (χ2v) is 17.3. The molecule has 0 fully saturated rings. The van der Waals surface area contributed by atoms with Crippen LogP contribution in [-0.2, 0) is 15.8 Å². The molecule has 0 radical (unpaired) electrons. The molecule has 1 aliphatic carbocycles. The molecule has 10 heteroatoms. The molecule has 0 saturated heterocycles. The molecular formula is C58H44O8S2. The third kappa shape index (κ3) is 6.34. The van der Waals surface area contributed by atoms with Gasteiger partial charge in [-0.3, -0.25) is 0 Å². The lowest BCUT2D eigenvalue weighted by molar-refractivity contribution is 0.0224. The number of fused-ring (bicyclic) bond motifs is 19. The third-order valence-corrected chi connectivity index (χ3v) is 13.6. The molecule has 8 nitrogen and oxygen atoms in total. The molecule has 9 aromatic rings. The van der Waals surface area contributed by atoms with Gasteiger partial charge in [0.05, 0.1) is 11.0 Å². The number of benzene rings is 9. The number of esters is 1. The highest BCUT2D eigenvalue weighted by atomic mass is 32.2. The predicted molar refractivity (Wildman–Crippen MR) is 271 cm³/mol. The van der Waals surface area contributed by atoms with Gasteiger partial charge in [-0.25, -0.2) is 4.79 Å². The van der Waals surface area contributed by atoms with E-state index in [0.29, 0.717) is 51.0 Å². The summed E-state index contributed by atoms with van der Waals surface area (Å²) in [5.74, 6) is 3.62. The van der Waals surface area contributed by atoms with Gasteiger partial charge in [-0.2, -0.15) is 0 Å². The first-order chi connectivity index (χ1) is 33.4. The van der Waals surface area contributed by atoms with Crippen LogP contribution in [0.1, 0.15) is 83.4 Å². The average Bonchev–Trinajstić information content (AvgIpc) is 3.83. The summed E-state index contributed by atoms with van der Waals surface area (Å²) >= 11 is 4.88. The number of rotatable bonds is 5. The second-order valence-electron chi connectivity index (χ2n) is 16.7. The van der Waals surface area contributed by atoms with Crippen LogP contribution in [0.5, 0.6) is 46.0 Å². The van der Waals surface area contributed by atoms with Crippen molar-refractivity contribution >= 4 is 52.7 Å². The summed E-state index contributed by atoms with van der Waals surface area (Å²) in [6.07, 6.45) is 1.25. The number of phenolic OH excluding ortho intramolecular Hbond substituents is 1. The molecule has 0 bridgehead atoms. The Hall–Kier alpha value is -7.53. The Bertz CT molecular complexity index is 3450. The fourth-order valence-corrected chi connectivity index (χ4v) is 10.8. The molecular weight excluding hydrogens is 889 g/mol. The SMILES string of the molecule is CC.CCC.O=C1OC2(c3ccc(O)cc3Oc3cc(OSOc4ccc5c6c(ccc5c4)C4(c5ccccc5-c5ccccc54)c4ccc5cc(OS)ccc5c4O6)ccc32)c2ccccc21. The molecule has 9 aromatic carbocycles. The maximum Gasteiger partial charge on any atom is 0.340 e. The van der Waals surface area contributed by atoms with Crippen LogP contribution < -0.4 is 22.0 Å². The van der Waals surface area contributed by atoms with Gasteiger partial charge < -0.3 is 31.9 Å². The number of carbonyl (C=O) groups is 1. The van der Waals surface area contributed by atoms with E-state index in [0.717, 1.165) is 56.5 Å². The van der Waals surface area contributed by atoms with Crippen LogP contribution in [0, 0.1) is 0 Å². The first-order valence-electron chi connectivity index (χ1n) is 22.7. The van der Waals surface area contributed by atoms with Gasteiger partial charge >= 0.3 is 5.97 Å². The maximum absolute atomic E-state index is 13.2. The molecule has 4 aliphatic rings. The van der Waals surface area contributed by atoms with Gasteiger partial charge in [-0.05, 0) is 99.8 Å². The zero-order chi connectivity index (χ0) is 46.7. The van der Waals surface area contributed by atoms with E-state index in [1.54, 1.807) is 30.3 Å². The molecule has 0 amide bonds. The van der Waals surface area contributed by atoms with Gasteiger partial charge in [0, 0.05) is 63.6 Å². The number of aromatic hydroxyl groups is 1. The molecule has 0 aromatic heterocycles. The van der Waals surface area contributed by atoms with Gasteiger partial charge in [0.25, 0.3) is 12.3 Å². The average molecular weight is 933 g/mol. The summed E-state index contributed by atoms with van der Waals surface area (Å²) in [6.45, 7) is 8.25. The summed E-state index contributed by atoms with van der Waals surface area (Å²) in [6, 6.07) is 55.3. The van der Waals surface area contributed by atoms with Crippen LogP contribution in [0.3, 0.4) is 0 Å². The fraction of sp³-hybridized carbons (Fsp3) is 0.121. The zero-order valence-corrected chi connectivity index (χ0v) is 39.2. The lowest BCUT2D eigenvalue weighted by atomic mass is 9.65. The maximum atomic E-state index is 13.2. The Morgan fingerprint density at radius 3 is 1.63 bits per heavy atom. The minimum absolute atomic E-state index is 0.0225. The van der Waals surface area contributed by atoms with E-state index in [2.05, 4.69) is 99.6 Å². The van der Waals surface area contributed by atoms with Gasteiger partial charge in [0.2, 0.25) is 0 Å². The van der Waals surface area contributed by atoms with Crippen molar-refractivity contribution in [2.75, 3.05) is 0 Å². The van der Waals surface area contributed by atoms with Crippen molar-refractivity contribution in [3.8, 4) is 57.1 Å². The van der Waals surface area contributed by atoms with Crippen molar-refractivity contribution in [1.82, 2.24) is 0 Å². The van der Waals surface area contributed by atoms with E-state index in [-0.39, 0.29) is 5.75 Å². The fourth-order valence-electron chi connectivity index (χ4n) is 10.3. The lowest BCUT2D eigenvalue weighted by Crippen LogP contribution is -2.32. The predicted octanol–water partition coefficient (Wildman–Crippen LogP) is 15.4. The van der Waals surface area contributed by atoms with Crippen molar-refractivity contribution in [3.63, 3.8) is 0 Å². The lowest BCUT2D eigenvalue weighted by Gasteiger charge is -2.40. The van der Waals surface area contributed by atoms with Crippen molar-refractivity contribution in [1.29, 1.82) is 0 Å². The Balaban J connectivity index is 0.000000978. The molecule has 336 valence electrons. The molecule has 2 spiro atoms. The van der Waals surface area contributed by atoms with Crippen LogP contribution in [0.4, 0.5) is 0 Å². The smallest absolute Gasteiger partial charge is 0.340 e. The summed E-state index contributed by atoms with van der Waals surface area (Å²) in [5.41, 5.74) is 7.48. The third-order valence-electron chi connectivity index (χ3n) is 12.9. The number of carbonyl (C=O) groups excluding carboxylic acids is 1. The monoisotopic (exact) mass is 932 g/mol. The minimum atomic E-state index is -1.26. The number of hydrogen-bond acceptors (Lipinski definition) is 10. The van der Waals surface area contributed by atoms with E-state index in [1.807, 2.05) is 74.5 Å². The van der Waals surface area contributed by atoms with Gasteiger partial charge in [-0.15, -0.1) is 0 Å². The largest absolute Gasteiger partial charge is 0.508 e. The number of thiol groups is 1. The number of hydrogen-bond donors (Lipinski definition) is 2. The molecule has 13 rings (SSSR count). The van der Waals surface area contributed by atoms with E-state index in [4.69, 9.17) is 26.8 Å². The second kappa shape index (κ2) is 17.0. The number of ether oxygens (including phenoxy) is 3. The molecule has 0 saturated carbocycles. The first-order valence-corrected chi connectivity index (χ1v) is 23.7. The van der Waals surface area contributed by atoms with Gasteiger partial charge in [0.1, 0.15) is 46.0 Å². The Labute approximate surface area is 404 Å². The molecule has 3 heterocycles. The quantitative estimate of drug-likeness (QED) is 0.0994. The van der Waals surface area contributed by atoms with E-state index in [9.17, 15) is 9.90 Å². The van der Waals surface area contributed by atoms with Crippen LogP contribution >= 0.6 is 25.2 Å². The normalized spacial score (nSPS) is 15.6. The standard InChI is InChI=1S/C53H30O8S2.C3H8.C2H6/c54-31-15-23-43-47(27-31)56-48-28-34(18-24-44(48)53(43)42-12-6-3-9-39(42)51(55)58-53)61-63-60-33-17-20-36-30(26-33)14-22-46-50(36)57-49-35-19-16-32(59-62)25-29(35)13-21-45(49)52(46)40-10-4-1-7-37(40)38-8-2-5-11-41(38)52;1-3-2;1-2/h1-28,54,62H;3H2,1-2H3;1-2H3. The summed E-state index contributed by atoms with van der Waals surface area (Å²) in [4.78, 5) is 13.2. The highest BCUT2D eigenvalue weighted by Gasteiger charge is 2.54. The molecule has 68 heavy (non-hydrogen) atoms. The van der Waals surface area contributed by atoms with Crippen molar-refractivity contribution < 1.29 is 36.7 Å². The van der Waals surface area contributed by atoms with E-state index >= 15 is 0 Å². The molecule has 3 aliphatic heterocycles. The molecule has 1 N–H and O–H groups in total. The van der Waals surface area contributed by atoms with Crippen molar-refractivity contribution in [2.24, 2.45) is 0 Å². The molecule has 1 unspecified atom stereocenters. The van der Waals surface area contributed by atoms with Crippen LogP contribution in [0.2, 0.25) is 0 Å². The highest BCUT2D eigenvalue weighted by Crippen LogP contribution is 2.64. The summed E-state index contributed by atoms with van der Waals surface area (Å²) in [5, 5.41) is 14.2.